The van der Waals surface area contributed by atoms with E-state index in [-0.39, 0.29) is 5.75 Å². The van der Waals surface area contributed by atoms with Crippen molar-refractivity contribution in [2.45, 2.75) is 13.3 Å². The molecule has 0 unspecified atom stereocenters. The van der Waals surface area contributed by atoms with E-state index >= 15 is 0 Å². The van der Waals surface area contributed by atoms with E-state index in [2.05, 4.69) is 9.97 Å². The van der Waals surface area contributed by atoms with Crippen LogP contribution in [0.2, 0.25) is 5.15 Å². The second-order valence-corrected chi connectivity index (χ2v) is 3.65. The molecule has 84 valence electrons. The van der Waals surface area contributed by atoms with E-state index in [0.717, 1.165) is 0 Å². The molecule has 1 heterocycles. The summed E-state index contributed by atoms with van der Waals surface area (Å²) in [6.45, 7) is 1.92. The first-order valence-electron chi connectivity index (χ1n) is 4.85. The van der Waals surface area contributed by atoms with Gasteiger partial charge in [-0.3, -0.25) is 0 Å². The van der Waals surface area contributed by atoms with Crippen molar-refractivity contribution in [3.8, 4) is 5.75 Å². The first-order valence-corrected chi connectivity index (χ1v) is 5.23. The van der Waals surface area contributed by atoms with Crippen LogP contribution < -0.4 is 4.74 Å². The Labute approximate surface area is 97.2 Å². The number of halogens is 2. The van der Waals surface area contributed by atoms with E-state index in [1.807, 2.05) is 6.92 Å². The molecular formula is C11H10ClFN2O. The largest absolute Gasteiger partial charge is 0.494 e. The molecule has 0 atom stereocenters. The molecule has 0 amide bonds. The molecule has 0 saturated heterocycles. The van der Waals surface area contributed by atoms with Crippen molar-refractivity contribution < 1.29 is 9.13 Å². The summed E-state index contributed by atoms with van der Waals surface area (Å²) >= 11 is 5.93. The Morgan fingerprint density at radius 1 is 1.31 bits per heavy atom. The molecule has 3 nitrogen and oxygen atoms in total. The van der Waals surface area contributed by atoms with Crippen molar-refractivity contribution in [1.29, 1.82) is 0 Å². The molecule has 16 heavy (non-hydrogen) atoms. The molecule has 1 aromatic carbocycles. The number of aromatic nitrogens is 2. The van der Waals surface area contributed by atoms with Gasteiger partial charge in [0.25, 0.3) is 0 Å². The lowest BCUT2D eigenvalue weighted by molar-refractivity contribution is 0.387. The zero-order valence-electron chi connectivity index (χ0n) is 8.92. The Balaban J connectivity index is 2.71. The monoisotopic (exact) mass is 240 g/mol. The van der Waals surface area contributed by atoms with Crippen LogP contribution >= 0.6 is 11.6 Å². The number of rotatable bonds is 2. The zero-order valence-corrected chi connectivity index (χ0v) is 9.68. The van der Waals surface area contributed by atoms with Gasteiger partial charge in [0.15, 0.2) is 16.7 Å². The molecule has 5 heteroatoms. The minimum Gasteiger partial charge on any atom is -0.494 e. The standard InChI is InChI=1S/C11H10ClFN2O/c1-3-7-11(12)15-9-5-10(16-2)6(13)4-8(9)14-7/h4-5H,3H2,1-2H3. The lowest BCUT2D eigenvalue weighted by Crippen LogP contribution is -1.96. The maximum atomic E-state index is 13.4. The van der Waals surface area contributed by atoms with Crippen LogP contribution in [0, 0.1) is 5.82 Å². The molecule has 0 N–H and O–H groups in total. The molecular weight excluding hydrogens is 231 g/mol. The highest BCUT2D eigenvalue weighted by molar-refractivity contribution is 6.30. The van der Waals surface area contributed by atoms with Crippen LogP contribution in [-0.4, -0.2) is 17.1 Å². The fourth-order valence-corrected chi connectivity index (χ4v) is 1.72. The predicted octanol–water partition coefficient (Wildman–Crippen LogP) is 2.99. The summed E-state index contributed by atoms with van der Waals surface area (Å²) in [5.74, 6) is -0.309. The Bertz CT molecular complexity index is 496. The first kappa shape index (κ1) is 11.1. The smallest absolute Gasteiger partial charge is 0.167 e. The van der Waals surface area contributed by atoms with Crippen LogP contribution in [0.25, 0.3) is 11.0 Å². The molecule has 0 saturated carbocycles. The average molecular weight is 241 g/mol. The van der Waals surface area contributed by atoms with Gasteiger partial charge in [0.2, 0.25) is 0 Å². The minimum absolute atomic E-state index is 0.141. The van der Waals surface area contributed by atoms with Crippen LogP contribution in [0.5, 0.6) is 5.75 Å². The van der Waals surface area contributed by atoms with Crippen LogP contribution in [-0.2, 0) is 6.42 Å². The SMILES string of the molecule is CCc1nc2cc(F)c(OC)cc2nc1Cl. The number of aryl methyl sites for hydroxylation is 1. The Hall–Kier alpha value is -1.42. The summed E-state index contributed by atoms with van der Waals surface area (Å²) in [7, 11) is 1.40. The second-order valence-electron chi connectivity index (χ2n) is 3.29. The highest BCUT2D eigenvalue weighted by Crippen LogP contribution is 2.24. The van der Waals surface area contributed by atoms with Crippen LogP contribution in [0.4, 0.5) is 4.39 Å². The van der Waals surface area contributed by atoms with E-state index in [9.17, 15) is 4.39 Å². The summed E-state index contributed by atoms with van der Waals surface area (Å²) in [6.07, 6.45) is 0.662. The van der Waals surface area contributed by atoms with Gasteiger partial charge >= 0.3 is 0 Å². The Morgan fingerprint density at radius 3 is 2.62 bits per heavy atom. The van der Waals surface area contributed by atoms with E-state index in [1.165, 1.54) is 19.2 Å². The highest BCUT2D eigenvalue weighted by atomic mass is 35.5. The second kappa shape index (κ2) is 4.22. The van der Waals surface area contributed by atoms with Gasteiger partial charge in [-0.2, -0.15) is 0 Å². The van der Waals surface area contributed by atoms with E-state index in [1.54, 1.807) is 0 Å². The van der Waals surface area contributed by atoms with Gasteiger partial charge in [0.1, 0.15) is 0 Å². The molecule has 0 spiro atoms. The normalized spacial score (nSPS) is 10.8. The molecule has 0 fully saturated rings. The molecule has 0 bridgehead atoms. The Kier molecular flexibility index (Phi) is 2.92. The summed E-state index contributed by atoms with van der Waals surface area (Å²) in [6, 6.07) is 2.79. The number of hydrogen-bond acceptors (Lipinski definition) is 3. The highest BCUT2D eigenvalue weighted by Gasteiger charge is 2.10. The fourth-order valence-electron chi connectivity index (χ4n) is 1.45. The zero-order chi connectivity index (χ0) is 11.7. The molecule has 1 aromatic heterocycles. The number of benzene rings is 1. The number of fused-ring (bicyclic) bond motifs is 1. The third kappa shape index (κ3) is 1.80. The van der Waals surface area contributed by atoms with Gasteiger partial charge in [-0.25, -0.2) is 14.4 Å². The minimum atomic E-state index is -0.450. The lowest BCUT2D eigenvalue weighted by atomic mass is 10.2. The Morgan fingerprint density at radius 2 is 2.00 bits per heavy atom. The van der Waals surface area contributed by atoms with Crippen molar-refractivity contribution in [3.05, 3.63) is 28.8 Å². The number of nitrogens with zero attached hydrogens (tertiary/aromatic N) is 2. The topological polar surface area (TPSA) is 35.0 Å². The molecule has 2 aromatic rings. The van der Waals surface area contributed by atoms with Gasteiger partial charge in [0, 0.05) is 12.1 Å². The van der Waals surface area contributed by atoms with Crippen molar-refractivity contribution in [2.75, 3.05) is 7.11 Å². The maximum absolute atomic E-state index is 13.4. The van der Waals surface area contributed by atoms with E-state index in [4.69, 9.17) is 16.3 Å². The molecule has 0 aliphatic carbocycles. The molecule has 0 aliphatic heterocycles. The number of hydrogen-bond donors (Lipinski definition) is 0. The predicted molar refractivity (Wildman–Crippen MR) is 60.4 cm³/mol. The summed E-state index contributed by atoms with van der Waals surface area (Å²) in [5, 5.41) is 0.351. The quantitative estimate of drug-likeness (QED) is 0.810. The third-order valence-electron chi connectivity index (χ3n) is 2.30. The fraction of sp³-hybridized carbons (Fsp3) is 0.273. The van der Waals surface area contributed by atoms with Gasteiger partial charge in [-0.05, 0) is 6.42 Å². The van der Waals surface area contributed by atoms with Gasteiger partial charge in [0.05, 0.1) is 23.8 Å². The summed E-state index contributed by atoms with van der Waals surface area (Å²) in [5.41, 5.74) is 1.68. The summed E-state index contributed by atoms with van der Waals surface area (Å²) in [4.78, 5) is 8.39. The van der Waals surface area contributed by atoms with E-state index in [0.29, 0.717) is 28.3 Å². The van der Waals surface area contributed by atoms with Crippen LogP contribution in [0.1, 0.15) is 12.6 Å². The van der Waals surface area contributed by atoms with Crippen molar-refractivity contribution in [2.24, 2.45) is 0 Å². The van der Waals surface area contributed by atoms with Gasteiger partial charge in [-0.15, -0.1) is 0 Å². The van der Waals surface area contributed by atoms with Gasteiger partial charge in [-0.1, -0.05) is 18.5 Å². The van der Waals surface area contributed by atoms with E-state index < -0.39 is 5.82 Å². The number of ether oxygens (including phenoxy) is 1. The average Bonchev–Trinajstić information content (AvgIpc) is 2.28. The van der Waals surface area contributed by atoms with Crippen LogP contribution in [0.3, 0.4) is 0 Å². The van der Waals surface area contributed by atoms with Gasteiger partial charge < -0.3 is 4.74 Å². The van der Waals surface area contributed by atoms with Crippen molar-refractivity contribution in [1.82, 2.24) is 9.97 Å². The third-order valence-corrected chi connectivity index (χ3v) is 2.60. The summed E-state index contributed by atoms with van der Waals surface area (Å²) < 4.78 is 18.3. The maximum Gasteiger partial charge on any atom is 0.167 e. The van der Waals surface area contributed by atoms with Crippen LogP contribution in [0.15, 0.2) is 12.1 Å². The molecule has 0 aliphatic rings. The number of methoxy groups -OCH3 is 1. The molecule has 0 radical (unpaired) electrons. The van der Waals surface area contributed by atoms with Crippen molar-refractivity contribution in [3.63, 3.8) is 0 Å². The van der Waals surface area contributed by atoms with Crippen molar-refractivity contribution >= 4 is 22.6 Å². The first-order chi connectivity index (χ1) is 7.65. The lowest BCUT2D eigenvalue weighted by Gasteiger charge is -2.06. The molecule has 2 rings (SSSR count).